The average molecular weight is 515 g/mol. The standard InChI is InChI=1S/2C12H18N2.C4H6O5/c2*1-9-7-11(8-13-10(9)2)12-5-4-6-14(12)3;5-2(4(8)9)1-3(6)7/h2*7-8,12H,4-6H2,1-3H3;2,5H,1H2,(H,6,7)(H,8,9)/t2*12-;/m00./s1. The van der Waals surface area contributed by atoms with Gasteiger partial charge in [0.2, 0.25) is 0 Å². The normalized spacial score (nSPS) is 20.4. The average Bonchev–Trinajstić information content (AvgIpc) is 3.46. The van der Waals surface area contributed by atoms with Crippen LogP contribution in [-0.2, 0) is 9.59 Å². The molecule has 2 aromatic heterocycles. The third-order valence-corrected chi connectivity index (χ3v) is 7.19. The minimum atomic E-state index is -1.79. The van der Waals surface area contributed by atoms with E-state index < -0.39 is 24.5 Å². The highest BCUT2D eigenvalue weighted by molar-refractivity contribution is 5.79. The highest BCUT2D eigenvalue weighted by Gasteiger charge is 2.23. The number of carbonyl (C=O) groups is 2. The van der Waals surface area contributed by atoms with Crippen LogP contribution >= 0.6 is 0 Å². The van der Waals surface area contributed by atoms with Crippen molar-refractivity contribution in [2.75, 3.05) is 27.2 Å². The number of carboxylic acid groups (broad SMARTS) is 2. The fraction of sp³-hybridized carbons (Fsp3) is 0.571. The molecule has 37 heavy (non-hydrogen) atoms. The molecular formula is C28H42N4O5. The van der Waals surface area contributed by atoms with Gasteiger partial charge in [-0.25, -0.2) is 4.79 Å². The predicted molar refractivity (Wildman–Crippen MR) is 143 cm³/mol. The van der Waals surface area contributed by atoms with Crippen LogP contribution in [-0.4, -0.2) is 80.3 Å². The van der Waals surface area contributed by atoms with Gasteiger partial charge in [0.25, 0.3) is 0 Å². The molecule has 2 saturated heterocycles. The lowest BCUT2D eigenvalue weighted by Gasteiger charge is -2.20. The molecule has 2 aliphatic rings. The molecule has 0 amide bonds. The van der Waals surface area contributed by atoms with Crippen molar-refractivity contribution in [3.63, 3.8) is 0 Å². The summed E-state index contributed by atoms with van der Waals surface area (Å²) in [5.41, 5.74) is 7.68. The van der Waals surface area contributed by atoms with Crippen LogP contribution in [0.2, 0.25) is 0 Å². The largest absolute Gasteiger partial charge is 0.481 e. The van der Waals surface area contributed by atoms with E-state index >= 15 is 0 Å². The summed E-state index contributed by atoms with van der Waals surface area (Å²) in [6.07, 6.45) is 6.71. The summed E-state index contributed by atoms with van der Waals surface area (Å²) in [5.74, 6) is -2.85. The lowest BCUT2D eigenvalue weighted by molar-refractivity contribution is -0.152. The number of likely N-dealkylation sites (tertiary alicyclic amines) is 2. The Kier molecular flexibility index (Phi) is 11.6. The first-order chi connectivity index (χ1) is 17.4. The molecule has 9 heteroatoms. The van der Waals surface area contributed by atoms with Gasteiger partial charge in [0.15, 0.2) is 6.10 Å². The number of pyridine rings is 2. The van der Waals surface area contributed by atoms with Gasteiger partial charge < -0.3 is 15.3 Å². The molecule has 3 atom stereocenters. The Labute approximate surface area is 220 Å². The van der Waals surface area contributed by atoms with Crippen molar-refractivity contribution in [2.45, 2.75) is 78.0 Å². The Hall–Kier alpha value is -2.88. The Balaban J connectivity index is 0.000000201. The second kappa shape index (κ2) is 14.2. The van der Waals surface area contributed by atoms with E-state index in [4.69, 9.17) is 15.3 Å². The van der Waals surface area contributed by atoms with Gasteiger partial charge >= 0.3 is 11.9 Å². The number of hydrogen-bond donors (Lipinski definition) is 3. The molecule has 0 spiro atoms. The van der Waals surface area contributed by atoms with Crippen LogP contribution in [0.5, 0.6) is 0 Å². The first kappa shape index (κ1) is 30.3. The highest BCUT2D eigenvalue weighted by atomic mass is 16.4. The molecule has 0 radical (unpaired) electrons. The number of hydrogen-bond acceptors (Lipinski definition) is 7. The zero-order valence-electron chi connectivity index (χ0n) is 22.9. The van der Waals surface area contributed by atoms with Crippen LogP contribution in [0.1, 0.15) is 77.8 Å². The Bertz CT molecular complexity index is 993. The van der Waals surface area contributed by atoms with Crippen LogP contribution in [0.3, 0.4) is 0 Å². The minimum Gasteiger partial charge on any atom is -0.481 e. The molecule has 4 rings (SSSR count). The quantitative estimate of drug-likeness (QED) is 0.545. The number of aromatic nitrogens is 2. The summed E-state index contributed by atoms with van der Waals surface area (Å²) in [4.78, 5) is 33.1. The summed E-state index contributed by atoms with van der Waals surface area (Å²) < 4.78 is 0. The predicted octanol–water partition coefficient (Wildman–Crippen LogP) is 3.84. The van der Waals surface area contributed by atoms with Crippen molar-refractivity contribution in [1.82, 2.24) is 19.8 Å². The molecule has 0 aromatic carbocycles. The second-order valence-corrected chi connectivity index (χ2v) is 10.1. The second-order valence-electron chi connectivity index (χ2n) is 10.1. The van der Waals surface area contributed by atoms with E-state index in [1.165, 1.54) is 61.0 Å². The fourth-order valence-corrected chi connectivity index (χ4v) is 4.61. The third-order valence-electron chi connectivity index (χ3n) is 7.19. The van der Waals surface area contributed by atoms with Crippen molar-refractivity contribution < 1.29 is 24.9 Å². The molecule has 4 heterocycles. The van der Waals surface area contributed by atoms with E-state index in [0.717, 1.165) is 11.4 Å². The maximum atomic E-state index is 9.72. The summed E-state index contributed by atoms with van der Waals surface area (Å²) in [6, 6.07) is 5.77. The van der Waals surface area contributed by atoms with Gasteiger partial charge in [0, 0.05) is 35.9 Å². The minimum absolute atomic E-state index is 0.599. The molecule has 1 unspecified atom stereocenters. The van der Waals surface area contributed by atoms with Crippen LogP contribution < -0.4 is 0 Å². The molecule has 2 aromatic rings. The lowest BCUT2D eigenvalue weighted by atomic mass is 10.0. The van der Waals surface area contributed by atoms with Crippen molar-refractivity contribution in [2.24, 2.45) is 0 Å². The number of aliphatic hydroxyl groups excluding tert-OH is 1. The van der Waals surface area contributed by atoms with Crippen molar-refractivity contribution in [3.8, 4) is 0 Å². The van der Waals surface area contributed by atoms with Gasteiger partial charge in [-0.1, -0.05) is 12.1 Å². The SMILES string of the molecule is Cc1cc([C@@H]2CCCN2C)cnc1C.Cc1cc([C@@H]2CCCN2C)cnc1C.O=C(O)CC(O)C(=O)O. The zero-order chi connectivity index (χ0) is 27.7. The van der Waals surface area contributed by atoms with E-state index in [0.29, 0.717) is 12.1 Å². The van der Waals surface area contributed by atoms with Crippen LogP contribution in [0, 0.1) is 27.7 Å². The smallest absolute Gasteiger partial charge is 0.333 e. The Morgan fingerprint density at radius 2 is 1.27 bits per heavy atom. The van der Waals surface area contributed by atoms with E-state index in [1.54, 1.807) is 0 Å². The lowest BCUT2D eigenvalue weighted by Crippen LogP contribution is -2.22. The number of aliphatic hydroxyl groups is 1. The number of aryl methyl sites for hydroxylation is 4. The van der Waals surface area contributed by atoms with E-state index in [2.05, 4.69) is 73.7 Å². The molecular weight excluding hydrogens is 472 g/mol. The molecule has 2 fully saturated rings. The van der Waals surface area contributed by atoms with Gasteiger partial charge in [0.1, 0.15) is 0 Å². The molecule has 9 nitrogen and oxygen atoms in total. The summed E-state index contributed by atoms with van der Waals surface area (Å²) in [6.45, 7) is 10.9. The van der Waals surface area contributed by atoms with Crippen LogP contribution in [0.15, 0.2) is 24.5 Å². The fourth-order valence-electron chi connectivity index (χ4n) is 4.61. The topological polar surface area (TPSA) is 127 Å². The monoisotopic (exact) mass is 514 g/mol. The van der Waals surface area contributed by atoms with Crippen molar-refractivity contribution >= 4 is 11.9 Å². The van der Waals surface area contributed by atoms with Crippen LogP contribution in [0.25, 0.3) is 0 Å². The Morgan fingerprint density at radius 1 is 0.865 bits per heavy atom. The van der Waals surface area contributed by atoms with Crippen molar-refractivity contribution in [3.05, 3.63) is 58.2 Å². The summed E-state index contributed by atoms with van der Waals surface area (Å²) in [5, 5.41) is 24.1. The first-order valence-corrected chi connectivity index (χ1v) is 12.8. The van der Waals surface area contributed by atoms with Gasteiger partial charge in [-0.05, 0) is 103 Å². The Morgan fingerprint density at radius 3 is 1.51 bits per heavy atom. The van der Waals surface area contributed by atoms with E-state index in [1.807, 2.05) is 12.4 Å². The molecule has 2 aliphatic heterocycles. The molecule has 0 aliphatic carbocycles. The number of aliphatic carboxylic acids is 2. The van der Waals surface area contributed by atoms with Crippen molar-refractivity contribution in [1.29, 1.82) is 0 Å². The number of nitrogens with zero attached hydrogens (tertiary/aromatic N) is 4. The zero-order valence-corrected chi connectivity index (χ0v) is 22.9. The van der Waals surface area contributed by atoms with Gasteiger partial charge in [-0.3, -0.25) is 24.6 Å². The maximum absolute atomic E-state index is 9.72. The first-order valence-electron chi connectivity index (χ1n) is 12.8. The van der Waals surface area contributed by atoms with E-state index in [9.17, 15) is 9.59 Å². The van der Waals surface area contributed by atoms with E-state index in [-0.39, 0.29) is 0 Å². The maximum Gasteiger partial charge on any atom is 0.333 e. The van der Waals surface area contributed by atoms with Crippen LogP contribution in [0.4, 0.5) is 0 Å². The highest BCUT2D eigenvalue weighted by Crippen LogP contribution is 2.31. The molecule has 3 N–H and O–H groups in total. The molecule has 0 saturated carbocycles. The number of rotatable bonds is 5. The molecule has 0 bridgehead atoms. The summed E-state index contributed by atoms with van der Waals surface area (Å²) >= 11 is 0. The van der Waals surface area contributed by atoms with Gasteiger partial charge in [-0.15, -0.1) is 0 Å². The third kappa shape index (κ3) is 9.18. The van der Waals surface area contributed by atoms with Gasteiger partial charge in [-0.2, -0.15) is 0 Å². The summed E-state index contributed by atoms with van der Waals surface area (Å²) in [7, 11) is 4.40. The number of carboxylic acids is 2. The van der Waals surface area contributed by atoms with Gasteiger partial charge in [0.05, 0.1) is 6.42 Å². The molecule has 204 valence electrons.